The van der Waals surface area contributed by atoms with E-state index in [2.05, 4.69) is 15.3 Å². The molecule has 25 heavy (non-hydrogen) atoms. The van der Waals surface area contributed by atoms with Crippen LogP contribution in [0.15, 0.2) is 54.2 Å². The molecule has 1 amide bonds. The minimum Gasteiger partial charge on any atom is -0.493 e. The number of ether oxygens (including phenoxy) is 1. The predicted molar refractivity (Wildman–Crippen MR) is 98.5 cm³/mol. The van der Waals surface area contributed by atoms with Gasteiger partial charge in [0.15, 0.2) is 0 Å². The van der Waals surface area contributed by atoms with Gasteiger partial charge in [0.25, 0.3) is 0 Å². The van der Waals surface area contributed by atoms with E-state index in [1.165, 1.54) is 11.3 Å². The van der Waals surface area contributed by atoms with Crippen LogP contribution in [0, 0.1) is 0 Å². The van der Waals surface area contributed by atoms with Crippen LogP contribution in [0.5, 0.6) is 5.75 Å². The Bertz CT molecular complexity index is 833. The van der Waals surface area contributed by atoms with Crippen LogP contribution in [-0.2, 0) is 17.8 Å². The van der Waals surface area contributed by atoms with E-state index in [1.54, 1.807) is 12.4 Å². The monoisotopic (exact) mass is 353 g/mol. The normalized spacial score (nSPS) is 10.4. The number of rotatable bonds is 7. The molecule has 0 radical (unpaired) electrons. The first-order valence-electron chi connectivity index (χ1n) is 8.08. The zero-order chi connectivity index (χ0) is 17.5. The fourth-order valence-electron chi connectivity index (χ4n) is 2.36. The Morgan fingerprint density at radius 1 is 1.20 bits per heavy atom. The molecule has 0 saturated carbocycles. The number of carbonyl (C=O) groups excluding carboxylic acids is 1. The van der Waals surface area contributed by atoms with Crippen molar-refractivity contribution in [2.75, 3.05) is 6.61 Å². The fraction of sp³-hybridized carbons (Fsp3) is 0.211. The van der Waals surface area contributed by atoms with Crippen molar-refractivity contribution in [3.8, 4) is 16.3 Å². The van der Waals surface area contributed by atoms with Crippen molar-refractivity contribution < 1.29 is 9.53 Å². The van der Waals surface area contributed by atoms with Gasteiger partial charge in [0.05, 0.1) is 24.3 Å². The third kappa shape index (κ3) is 4.64. The molecule has 0 aliphatic heterocycles. The summed E-state index contributed by atoms with van der Waals surface area (Å²) in [5.74, 6) is 0.764. The standard InChI is InChI=1S/C19H19N3O2S/c1-2-24-17-6-4-3-5-16(17)19-22-15(13-25-19)11-18(23)21-12-14-7-9-20-10-8-14/h3-10,13H,2,11-12H2,1H3,(H,21,23). The van der Waals surface area contributed by atoms with Crippen molar-refractivity contribution in [2.24, 2.45) is 0 Å². The lowest BCUT2D eigenvalue weighted by atomic mass is 10.2. The summed E-state index contributed by atoms with van der Waals surface area (Å²) in [6.45, 7) is 3.05. The van der Waals surface area contributed by atoms with E-state index in [9.17, 15) is 4.79 Å². The van der Waals surface area contributed by atoms with Crippen LogP contribution in [0.3, 0.4) is 0 Å². The molecule has 1 N–H and O–H groups in total. The lowest BCUT2D eigenvalue weighted by Gasteiger charge is -2.07. The average molecular weight is 353 g/mol. The Kier molecular flexibility index (Phi) is 5.74. The van der Waals surface area contributed by atoms with E-state index in [0.717, 1.165) is 27.6 Å². The first-order valence-corrected chi connectivity index (χ1v) is 8.96. The highest BCUT2D eigenvalue weighted by Gasteiger charge is 2.12. The van der Waals surface area contributed by atoms with Crippen molar-refractivity contribution >= 4 is 17.2 Å². The Labute approximate surface area is 150 Å². The van der Waals surface area contributed by atoms with Crippen LogP contribution >= 0.6 is 11.3 Å². The summed E-state index contributed by atoms with van der Waals surface area (Å²) in [6, 6.07) is 11.6. The van der Waals surface area contributed by atoms with Gasteiger partial charge in [-0.25, -0.2) is 4.98 Å². The van der Waals surface area contributed by atoms with Gasteiger partial charge in [-0.1, -0.05) is 12.1 Å². The van der Waals surface area contributed by atoms with Crippen molar-refractivity contribution in [3.63, 3.8) is 0 Å². The summed E-state index contributed by atoms with van der Waals surface area (Å²) in [7, 11) is 0. The first-order chi connectivity index (χ1) is 12.3. The highest BCUT2D eigenvalue weighted by molar-refractivity contribution is 7.13. The third-order valence-corrected chi connectivity index (χ3v) is 4.47. The van der Waals surface area contributed by atoms with Crippen molar-refractivity contribution in [2.45, 2.75) is 19.9 Å². The second-order valence-electron chi connectivity index (χ2n) is 5.38. The Hall–Kier alpha value is -2.73. The van der Waals surface area contributed by atoms with Gasteiger partial charge in [-0.3, -0.25) is 9.78 Å². The van der Waals surface area contributed by atoms with Gasteiger partial charge in [0.2, 0.25) is 5.91 Å². The van der Waals surface area contributed by atoms with Gasteiger partial charge in [0, 0.05) is 24.3 Å². The van der Waals surface area contributed by atoms with E-state index in [0.29, 0.717) is 13.2 Å². The quantitative estimate of drug-likeness (QED) is 0.706. The molecule has 0 aliphatic rings. The number of carbonyl (C=O) groups is 1. The number of para-hydroxylation sites is 1. The summed E-state index contributed by atoms with van der Waals surface area (Å²) in [4.78, 5) is 20.7. The lowest BCUT2D eigenvalue weighted by molar-refractivity contribution is -0.120. The number of hydrogen-bond acceptors (Lipinski definition) is 5. The molecule has 3 aromatic rings. The van der Waals surface area contributed by atoms with Crippen LogP contribution in [0.25, 0.3) is 10.6 Å². The molecule has 2 heterocycles. The lowest BCUT2D eigenvalue weighted by Crippen LogP contribution is -2.24. The van der Waals surface area contributed by atoms with Gasteiger partial charge in [-0.15, -0.1) is 11.3 Å². The smallest absolute Gasteiger partial charge is 0.226 e. The maximum atomic E-state index is 12.1. The second kappa shape index (κ2) is 8.39. The molecule has 0 spiro atoms. The molecule has 1 aromatic carbocycles. The number of nitrogens with zero attached hydrogens (tertiary/aromatic N) is 2. The van der Waals surface area contributed by atoms with E-state index in [-0.39, 0.29) is 12.3 Å². The van der Waals surface area contributed by atoms with Crippen molar-refractivity contribution in [1.29, 1.82) is 0 Å². The molecule has 0 fully saturated rings. The van der Waals surface area contributed by atoms with Gasteiger partial charge in [0.1, 0.15) is 10.8 Å². The molecule has 0 aliphatic carbocycles. The van der Waals surface area contributed by atoms with E-state index in [4.69, 9.17) is 4.74 Å². The molecule has 3 rings (SSSR count). The topological polar surface area (TPSA) is 64.1 Å². The highest BCUT2D eigenvalue weighted by atomic mass is 32.1. The number of hydrogen-bond donors (Lipinski definition) is 1. The van der Waals surface area contributed by atoms with E-state index >= 15 is 0 Å². The average Bonchev–Trinajstić information content (AvgIpc) is 3.10. The molecule has 5 nitrogen and oxygen atoms in total. The summed E-state index contributed by atoms with van der Waals surface area (Å²) < 4.78 is 5.65. The molecular formula is C19H19N3O2S. The molecule has 0 atom stereocenters. The van der Waals surface area contributed by atoms with Gasteiger partial charge >= 0.3 is 0 Å². The van der Waals surface area contributed by atoms with Crippen molar-refractivity contribution in [1.82, 2.24) is 15.3 Å². The van der Waals surface area contributed by atoms with Gasteiger partial charge in [-0.2, -0.15) is 0 Å². The summed E-state index contributed by atoms with van der Waals surface area (Å²) in [5, 5.41) is 5.68. The predicted octanol–water partition coefficient (Wildman–Crippen LogP) is 3.46. The van der Waals surface area contributed by atoms with Crippen LogP contribution in [-0.4, -0.2) is 22.5 Å². The maximum Gasteiger partial charge on any atom is 0.226 e. The minimum absolute atomic E-state index is 0.0493. The van der Waals surface area contributed by atoms with Crippen LogP contribution in [0.4, 0.5) is 0 Å². The largest absolute Gasteiger partial charge is 0.493 e. The Balaban J connectivity index is 1.63. The van der Waals surface area contributed by atoms with Gasteiger partial charge in [-0.05, 0) is 36.8 Å². The van der Waals surface area contributed by atoms with E-state index < -0.39 is 0 Å². The summed E-state index contributed by atoms with van der Waals surface area (Å²) in [6.07, 6.45) is 3.69. The zero-order valence-corrected chi connectivity index (χ0v) is 14.8. The van der Waals surface area contributed by atoms with E-state index in [1.807, 2.05) is 48.7 Å². The molecule has 0 unspecified atom stereocenters. The summed E-state index contributed by atoms with van der Waals surface area (Å²) >= 11 is 1.52. The minimum atomic E-state index is -0.0493. The number of aromatic nitrogens is 2. The molecular weight excluding hydrogens is 334 g/mol. The summed E-state index contributed by atoms with van der Waals surface area (Å²) in [5.41, 5.74) is 2.74. The number of nitrogens with one attached hydrogen (secondary N) is 1. The second-order valence-corrected chi connectivity index (χ2v) is 6.24. The molecule has 2 aromatic heterocycles. The van der Waals surface area contributed by atoms with Gasteiger partial charge < -0.3 is 10.1 Å². The zero-order valence-electron chi connectivity index (χ0n) is 13.9. The molecule has 0 saturated heterocycles. The van der Waals surface area contributed by atoms with Crippen LogP contribution < -0.4 is 10.1 Å². The molecule has 128 valence electrons. The van der Waals surface area contributed by atoms with Crippen LogP contribution in [0.1, 0.15) is 18.2 Å². The van der Waals surface area contributed by atoms with Crippen LogP contribution in [0.2, 0.25) is 0 Å². The fourth-order valence-corrected chi connectivity index (χ4v) is 3.21. The van der Waals surface area contributed by atoms with Crippen molar-refractivity contribution in [3.05, 3.63) is 65.4 Å². The highest BCUT2D eigenvalue weighted by Crippen LogP contribution is 2.32. The maximum absolute atomic E-state index is 12.1. The molecule has 6 heteroatoms. The molecule has 0 bridgehead atoms. The first kappa shape index (κ1) is 17.1. The SMILES string of the molecule is CCOc1ccccc1-c1nc(CC(=O)NCc2ccncc2)cs1. The Morgan fingerprint density at radius 3 is 2.80 bits per heavy atom. The third-order valence-electron chi connectivity index (χ3n) is 3.55. The number of pyridine rings is 1. The number of benzene rings is 1. The number of thiazole rings is 1. The number of amides is 1. The Morgan fingerprint density at radius 2 is 2.00 bits per heavy atom.